The molecule has 0 saturated carbocycles. The average molecular weight is 336 g/mol. The van der Waals surface area contributed by atoms with Gasteiger partial charge in [-0.05, 0) is 26.5 Å². The number of carbonyl (C=O) groups excluding carboxylic acids is 2. The molecule has 0 bridgehead atoms. The van der Waals surface area contributed by atoms with Gasteiger partial charge in [0.25, 0.3) is 0 Å². The van der Waals surface area contributed by atoms with E-state index in [1.54, 1.807) is 20.8 Å². The Morgan fingerprint density at radius 3 is 2.00 bits per heavy atom. The molecule has 2 N–H and O–H groups in total. The zero-order valence-electron chi connectivity index (χ0n) is 13.6. The third-order valence-electron chi connectivity index (χ3n) is 2.19. The number of ether oxygens (including phenoxy) is 3. The summed E-state index contributed by atoms with van der Waals surface area (Å²) in [5.41, 5.74) is -0.499. The number of nitrogens with one attached hydrogen (secondary N) is 2. The fourth-order valence-electron chi connectivity index (χ4n) is 1.31. The summed E-state index contributed by atoms with van der Waals surface area (Å²) in [7, 11) is 0. The Morgan fingerprint density at radius 2 is 1.50 bits per heavy atom. The zero-order valence-corrected chi connectivity index (χ0v) is 14.5. The molecular formula is C14H28N2O5S. The Morgan fingerprint density at radius 1 is 0.955 bits per heavy atom. The molecule has 0 heterocycles. The van der Waals surface area contributed by atoms with E-state index in [0.717, 1.165) is 0 Å². The van der Waals surface area contributed by atoms with Gasteiger partial charge >= 0.3 is 6.09 Å². The zero-order chi connectivity index (χ0) is 16.8. The van der Waals surface area contributed by atoms with E-state index in [2.05, 4.69) is 23.3 Å². The third-order valence-corrected chi connectivity index (χ3v) is 2.42. The van der Waals surface area contributed by atoms with E-state index in [1.807, 2.05) is 0 Å². The largest absolute Gasteiger partial charge is 0.444 e. The van der Waals surface area contributed by atoms with Crippen molar-refractivity contribution in [2.45, 2.75) is 32.8 Å². The summed E-state index contributed by atoms with van der Waals surface area (Å²) in [6.45, 7) is 7.99. The van der Waals surface area contributed by atoms with E-state index in [9.17, 15) is 9.59 Å². The first-order chi connectivity index (χ1) is 10.3. The highest BCUT2D eigenvalue weighted by Crippen LogP contribution is 2.05. The summed E-state index contributed by atoms with van der Waals surface area (Å²) in [5, 5.41) is 5.30. The van der Waals surface area contributed by atoms with Crippen LogP contribution in [0.5, 0.6) is 0 Å². The van der Waals surface area contributed by atoms with E-state index in [0.29, 0.717) is 51.7 Å². The Balaban J connectivity index is 3.27. The number of hydrogen-bond acceptors (Lipinski definition) is 6. The van der Waals surface area contributed by atoms with Crippen LogP contribution in [0.15, 0.2) is 0 Å². The minimum atomic E-state index is -0.499. The topological polar surface area (TPSA) is 85.9 Å². The number of alkyl carbamates (subject to hydrolysis) is 1. The lowest BCUT2D eigenvalue weighted by atomic mass is 10.2. The fraction of sp³-hybridized carbons (Fsp3) is 0.857. The third kappa shape index (κ3) is 15.4. The number of amides is 2. The van der Waals surface area contributed by atoms with Crippen molar-refractivity contribution in [2.75, 3.05) is 45.3 Å². The van der Waals surface area contributed by atoms with Gasteiger partial charge in [0.05, 0.1) is 26.4 Å². The first-order valence-corrected chi connectivity index (χ1v) is 7.98. The molecule has 7 nitrogen and oxygen atoms in total. The van der Waals surface area contributed by atoms with Crippen LogP contribution in [0.1, 0.15) is 27.2 Å². The molecular weight excluding hydrogens is 308 g/mol. The lowest BCUT2D eigenvalue weighted by Crippen LogP contribution is -2.34. The molecule has 0 aromatic carbocycles. The number of hydrogen-bond donors (Lipinski definition) is 3. The van der Waals surface area contributed by atoms with Gasteiger partial charge in [-0.25, -0.2) is 4.79 Å². The van der Waals surface area contributed by atoms with Crippen molar-refractivity contribution in [1.82, 2.24) is 10.6 Å². The van der Waals surface area contributed by atoms with Crippen molar-refractivity contribution < 1.29 is 23.8 Å². The first-order valence-electron chi connectivity index (χ1n) is 7.35. The van der Waals surface area contributed by atoms with Gasteiger partial charge in [0.15, 0.2) is 0 Å². The number of rotatable bonds is 11. The van der Waals surface area contributed by atoms with Crippen LogP contribution in [0.3, 0.4) is 0 Å². The second-order valence-corrected chi connectivity index (χ2v) is 5.92. The summed E-state index contributed by atoms with van der Waals surface area (Å²) >= 11 is 3.97. The summed E-state index contributed by atoms with van der Waals surface area (Å²) in [5.74, 6) is 0.515. The molecule has 22 heavy (non-hydrogen) atoms. The Bertz CT molecular complexity index is 321. The van der Waals surface area contributed by atoms with Crippen molar-refractivity contribution in [3.8, 4) is 0 Å². The molecule has 0 aliphatic rings. The van der Waals surface area contributed by atoms with Gasteiger partial charge in [-0.2, -0.15) is 12.6 Å². The summed E-state index contributed by atoms with van der Waals surface area (Å²) in [4.78, 5) is 22.4. The van der Waals surface area contributed by atoms with E-state index in [1.165, 1.54) is 0 Å². The van der Waals surface area contributed by atoms with E-state index in [-0.39, 0.29) is 5.91 Å². The maximum atomic E-state index is 11.3. The maximum absolute atomic E-state index is 11.3. The Hall–Kier alpha value is -0.990. The standard InChI is InChI=1S/C14H28N2O5S/c1-14(2,3)21-13(18)16-6-8-20-10-9-19-7-5-15-12(17)4-11-22/h22H,4-11H2,1-3H3,(H,15,17)(H,16,18). The van der Waals surface area contributed by atoms with E-state index in [4.69, 9.17) is 14.2 Å². The van der Waals surface area contributed by atoms with Gasteiger partial charge in [-0.15, -0.1) is 0 Å². The summed E-state index contributed by atoms with van der Waals surface area (Å²) < 4.78 is 15.6. The lowest BCUT2D eigenvalue weighted by Gasteiger charge is -2.19. The van der Waals surface area contributed by atoms with Crippen molar-refractivity contribution in [2.24, 2.45) is 0 Å². The van der Waals surface area contributed by atoms with Crippen LogP contribution in [0, 0.1) is 0 Å². The van der Waals surface area contributed by atoms with Gasteiger partial charge in [0.1, 0.15) is 5.60 Å². The fourth-order valence-corrected chi connectivity index (χ4v) is 1.52. The smallest absolute Gasteiger partial charge is 0.407 e. The molecule has 0 unspecified atom stereocenters. The van der Waals surface area contributed by atoms with E-state index < -0.39 is 11.7 Å². The molecule has 0 rings (SSSR count). The summed E-state index contributed by atoms with van der Waals surface area (Å²) in [6, 6.07) is 0. The SMILES string of the molecule is CC(C)(C)OC(=O)NCCOCCOCCNC(=O)CCS. The molecule has 8 heteroatoms. The number of thiol groups is 1. The quantitative estimate of drug-likeness (QED) is 0.387. The monoisotopic (exact) mass is 336 g/mol. The predicted molar refractivity (Wildman–Crippen MR) is 87.4 cm³/mol. The molecule has 0 spiro atoms. The molecule has 0 atom stereocenters. The Labute approximate surface area is 137 Å². The molecule has 0 aliphatic carbocycles. The lowest BCUT2D eigenvalue weighted by molar-refractivity contribution is -0.120. The molecule has 0 aromatic heterocycles. The second-order valence-electron chi connectivity index (χ2n) is 5.48. The number of carbonyl (C=O) groups is 2. The van der Waals surface area contributed by atoms with Crippen molar-refractivity contribution in [3.05, 3.63) is 0 Å². The van der Waals surface area contributed by atoms with Crippen LogP contribution in [-0.4, -0.2) is 62.9 Å². The van der Waals surface area contributed by atoms with Crippen LogP contribution >= 0.6 is 12.6 Å². The van der Waals surface area contributed by atoms with Crippen molar-refractivity contribution in [3.63, 3.8) is 0 Å². The average Bonchev–Trinajstić information content (AvgIpc) is 2.39. The van der Waals surface area contributed by atoms with Crippen LogP contribution in [0.25, 0.3) is 0 Å². The second kappa shape index (κ2) is 12.5. The van der Waals surface area contributed by atoms with Gasteiger partial charge < -0.3 is 24.8 Å². The van der Waals surface area contributed by atoms with E-state index >= 15 is 0 Å². The molecule has 0 aromatic rings. The normalized spacial score (nSPS) is 11.1. The van der Waals surface area contributed by atoms with Gasteiger partial charge in [-0.1, -0.05) is 0 Å². The maximum Gasteiger partial charge on any atom is 0.407 e. The first kappa shape index (κ1) is 21.0. The highest BCUT2D eigenvalue weighted by atomic mass is 32.1. The Kier molecular flexibility index (Phi) is 12.0. The van der Waals surface area contributed by atoms with Crippen molar-refractivity contribution >= 4 is 24.6 Å². The molecule has 0 saturated heterocycles. The molecule has 0 aliphatic heterocycles. The highest BCUT2D eigenvalue weighted by Gasteiger charge is 2.15. The van der Waals surface area contributed by atoms with Gasteiger partial charge in [-0.3, -0.25) is 4.79 Å². The minimum Gasteiger partial charge on any atom is -0.444 e. The minimum absolute atomic E-state index is 0.0249. The van der Waals surface area contributed by atoms with Crippen LogP contribution in [-0.2, 0) is 19.0 Å². The van der Waals surface area contributed by atoms with Crippen molar-refractivity contribution in [1.29, 1.82) is 0 Å². The van der Waals surface area contributed by atoms with Gasteiger partial charge in [0.2, 0.25) is 5.91 Å². The predicted octanol–water partition coefficient (Wildman–Crippen LogP) is 0.980. The highest BCUT2D eigenvalue weighted by molar-refractivity contribution is 7.80. The molecule has 0 radical (unpaired) electrons. The van der Waals surface area contributed by atoms with Crippen LogP contribution < -0.4 is 10.6 Å². The van der Waals surface area contributed by atoms with Crippen LogP contribution in [0.4, 0.5) is 4.79 Å². The molecule has 0 fully saturated rings. The molecule has 130 valence electrons. The van der Waals surface area contributed by atoms with Crippen LogP contribution in [0.2, 0.25) is 0 Å². The summed E-state index contributed by atoms with van der Waals surface area (Å²) in [6.07, 6.45) is -0.0408. The molecule has 2 amide bonds. The van der Waals surface area contributed by atoms with Gasteiger partial charge in [0, 0.05) is 19.5 Å².